The van der Waals surface area contributed by atoms with Crippen molar-refractivity contribution in [3.63, 3.8) is 0 Å². The van der Waals surface area contributed by atoms with Crippen LogP contribution in [0.25, 0.3) is 15.0 Å². The van der Waals surface area contributed by atoms with E-state index in [1.807, 2.05) is 44.4 Å². The SMILES string of the molecule is CN1/C(=C/C2C(=O)/C(=C\c3[te]c4cc5c(cc4[n+]3C)OCCOCCOCCOCCO5)C2O)[Se]c2ccccc21. The first-order chi connectivity index (χ1) is 20.0. The Bertz CT molecular complexity index is 1500. The summed E-state index contributed by atoms with van der Waals surface area (Å²) in [4.78, 5) is 15.4. The first-order valence-corrected chi connectivity index (χ1v) is 17.7. The van der Waals surface area contributed by atoms with Crippen LogP contribution in [0.15, 0.2) is 52.6 Å². The van der Waals surface area contributed by atoms with Gasteiger partial charge in [-0.2, -0.15) is 0 Å². The first kappa shape index (κ1) is 28.9. The number of anilines is 1. The first-order valence-electron chi connectivity index (χ1n) is 13.6. The van der Waals surface area contributed by atoms with E-state index in [2.05, 4.69) is 27.7 Å². The molecule has 1 aliphatic carbocycles. The Morgan fingerprint density at radius 2 is 1.61 bits per heavy atom. The van der Waals surface area contributed by atoms with Crippen molar-refractivity contribution >= 4 is 66.3 Å². The molecular formula is C30H33N2O7SeTe+. The molecule has 2 aliphatic heterocycles. The molecular weight excluding hydrogens is 707 g/mol. The van der Waals surface area contributed by atoms with Gasteiger partial charge in [0.2, 0.25) is 0 Å². The molecule has 1 fully saturated rings. The van der Waals surface area contributed by atoms with Crippen LogP contribution in [0.5, 0.6) is 11.5 Å². The number of carbonyl (C=O) groups excluding carboxylic acids is 1. The summed E-state index contributed by atoms with van der Waals surface area (Å²) in [6, 6.07) is 12.4. The van der Waals surface area contributed by atoms with E-state index in [4.69, 9.17) is 23.7 Å². The average Bonchev–Trinajstić information content (AvgIpc) is 3.46. The number of para-hydroxylation sites is 1. The van der Waals surface area contributed by atoms with Gasteiger partial charge in [0.05, 0.1) is 0 Å². The molecule has 2 atom stereocenters. The van der Waals surface area contributed by atoms with Gasteiger partial charge in [-0.05, 0) is 0 Å². The zero-order chi connectivity index (χ0) is 28.3. The van der Waals surface area contributed by atoms with Gasteiger partial charge >= 0.3 is 256 Å². The van der Waals surface area contributed by atoms with E-state index in [1.54, 1.807) is 0 Å². The number of carbonyl (C=O) groups is 1. The summed E-state index contributed by atoms with van der Waals surface area (Å²) < 4.78 is 35.6. The van der Waals surface area contributed by atoms with Gasteiger partial charge in [-0.1, -0.05) is 0 Å². The van der Waals surface area contributed by atoms with Gasteiger partial charge in [0, 0.05) is 0 Å². The second kappa shape index (κ2) is 13.0. The predicted molar refractivity (Wildman–Crippen MR) is 156 cm³/mol. The van der Waals surface area contributed by atoms with Crippen LogP contribution >= 0.6 is 0 Å². The standard InChI is InChI=1S/C30H33N2O7SeTe/c1-31-21-5-3-4-6-25(21)40-27(31)15-19-29(33)20(30(19)34)16-28-32(2)22-17-23-24(18-26(22)41-28)39-14-12-37-10-8-35-7-9-36-11-13-38-23/h3-6,15-19,29,33H,7-14H2,1-2H3/q+1/b20-16-,27-15-. The number of ether oxygens (including phenoxy) is 5. The zero-order valence-corrected chi connectivity index (χ0v) is 27.1. The Labute approximate surface area is 255 Å². The Kier molecular flexibility index (Phi) is 9.16. The molecule has 6 rings (SSSR count). The van der Waals surface area contributed by atoms with Crippen molar-refractivity contribution in [1.82, 2.24) is 0 Å². The summed E-state index contributed by atoms with van der Waals surface area (Å²) in [7, 11) is 4.03. The van der Waals surface area contributed by atoms with Crippen LogP contribution in [0.3, 0.4) is 0 Å². The number of aryl methyl sites for hydroxylation is 1. The van der Waals surface area contributed by atoms with Crippen molar-refractivity contribution in [3.8, 4) is 11.5 Å². The number of nitrogens with zero attached hydrogens (tertiary/aromatic N) is 2. The molecule has 3 aromatic rings. The summed E-state index contributed by atoms with van der Waals surface area (Å²) in [5.74, 6) is 0.838. The number of hydrogen-bond acceptors (Lipinski definition) is 8. The van der Waals surface area contributed by atoms with E-state index >= 15 is 0 Å². The summed E-state index contributed by atoms with van der Waals surface area (Å²) >= 11 is -0.682. The van der Waals surface area contributed by atoms with E-state index < -0.39 is 32.5 Å². The number of aliphatic hydroxyl groups excluding tert-OH is 1. The molecule has 3 aliphatic rings. The molecule has 9 nitrogen and oxygen atoms in total. The average molecular weight is 740 g/mol. The second-order valence-corrected chi connectivity index (χ2v) is 15.1. The van der Waals surface area contributed by atoms with Crippen LogP contribution < -0.4 is 23.4 Å². The van der Waals surface area contributed by atoms with Gasteiger partial charge in [-0.15, -0.1) is 0 Å². The monoisotopic (exact) mass is 743 g/mol. The number of ketones is 1. The maximum atomic E-state index is 13.2. The molecule has 41 heavy (non-hydrogen) atoms. The number of benzene rings is 2. The number of rotatable bonds is 2. The molecule has 1 aromatic heterocycles. The quantitative estimate of drug-likeness (QED) is 0.235. The maximum absolute atomic E-state index is 13.2. The summed E-state index contributed by atoms with van der Waals surface area (Å²) in [5, 5.41) is 11.0. The molecule has 3 heterocycles. The Morgan fingerprint density at radius 3 is 2.27 bits per heavy atom. The Hall–Kier alpha value is -2.19. The molecule has 216 valence electrons. The van der Waals surface area contributed by atoms with Crippen molar-refractivity contribution in [1.29, 1.82) is 0 Å². The number of hydrogen-bond donors (Lipinski definition) is 1. The Morgan fingerprint density at radius 1 is 0.976 bits per heavy atom. The molecule has 1 saturated carbocycles. The van der Waals surface area contributed by atoms with E-state index in [0.29, 0.717) is 69.9 Å². The molecule has 0 saturated heterocycles. The van der Waals surface area contributed by atoms with Crippen LogP contribution in [0.4, 0.5) is 5.69 Å². The van der Waals surface area contributed by atoms with Crippen molar-refractivity contribution in [2.45, 2.75) is 6.10 Å². The predicted octanol–water partition coefficient (Wildman–Crippen LogP) is 0.806. The van der Waals surface area contributed by atoms with Gasteiger partial charge in [-0.25, -0.2) is 0 Å². The molecule has 0 bridgehead atoms. The van der Waals surface area contributed by atoms with Crippen molar-refractivity contribution < 1.29 is 38.2 Å². The molecule has 2 unspecified atom stereocenters. The molecule has 11 heteroatoms. The topological polar surface area (TPSA) is 90.6 Å². The van der Waals surface area contributed by atoms with Gasteiger partial charge in [0.1, 0.15) is 0 Å². The fourth-order valence-electron chi connectivity index (χ4n) is 4.94. The fourth-order valence-corrected chi connectivity index (χ4v) is 10.5. The third kappa shape index (κ3) is 6.15. The number of fused-ring (bicyclic) bond motifs is 3. The van der Waals surface area contributed by atoms with Crippen LogP contribution in [0, 0.1) is 5.92 Å². The minimum absolute atomic E-state index is 0.001000. The molecule has 0 radical (unpaired) electrons. The normalized spacial score (nSPS) is 24.3. The van der Waals surface area contributed by atoms with Crippen LogP contribution in [-0.2, 0) is 26.1 Å². The van der Waals surface area contributed by atoms with Gasteiger partial charge in [0.25, 0.3) is 0 Å². The molecule has 0 spiro atoms. The molecule has 2 aromatic carbocycles. The van der Waals surface area contributed by atoms with Gasteiger partial charge in [-0.3, -0.25) is 0 Å². The number of aromatic nitrogens is 1. The van der Waals surface area contributed by atoms with E-state index in [9.17, 15) is 9.90 Å². The summed E-state index contributed by atoms with van der Waals surface area (Å²) in [6.45, 7) is 3.76. The Balaban J connectivity index is 1.21. The van der Waals surface area contributed by atoms with Crippen LogP contribution in [0.1, 0.15) is 3.71 Å². The van der Waals surface area contributed by atoms with Crippen LogP contribution in [0.2, 0.25) is 0 Å². The molecule has 0 amide bonds. The van der Waals surface area contributed by atoms with Crippen LogP contribution in [-0.4, -0.2) is 112 Å². The minimum atomic E-state index is -0.808. The third-order valence-corrected chi connectivity index (χ3v) is 13.0. The number of aliphatic hydroxyl groups is 1. The zero-order valence-electron chi connectivity index (χ0n) is 23.0. The fraction of sp³-hybridized carbons (Fsp3) is 0.400. The second-order valence-electron chi connectivity index (χ2n) is 9.87. The summed E-state index contributed by atoms with van der Waals surface area (Å²) in [5.41, 5.74) is 2.71. The van der Waals surface area contributed by atoms with E-state index in [-0.39, 0.29) is 20.7 Å². The molecule has 1 N–H and O–H groups in total. The number of Topliss-reactive ketones (excluding diaryl/α,β-unsaturated/α-hetero) is 1. The van der Waals surface area contributed by atoms with E-state index in [1.165, 1.54) is 13.6 Å². The van der Waals surface area contributed by atoms with Crippen molar-refractivity contribution in [3.05, 3.63) is 56.4 Å². The third-order valence-electron chi connectivity index (χ3n) is 7.27. The van der Waals surface area contributed by atoms with Crippen molar-refractivity contribution in [2.75, 3.05) is 64.8 Å². The summed E-state index contributed by atoms with van der Waals surface area (Å²) in [6.07, 6.45) is 3.08. The van der Waals surface area contributed by atoms with Crippen molar-refractivity contribution in [2.24, 2.45) is 13.0 Å². The van der Waals surface area contributed by atoms with Gasteiger partial charge in [0.15, 0.2) is 0 Å². The van der Waals surface area contributed by atoms with E-state index in [0.717, 1.165) is 13.8 Å². The van der Waals surface area contributed by atoms with Gasteiger partial charge < -0.3 is 0 Å².